The van der Waals surface area contributed by atoms with Crippen LogP contribution in [-0.2, 0) is 45.5 Å². The Hall–Kier alpha value is -7.44. The second-order valence-electron chi connectivity index (χ2n) is 29.8. The molecule has 0 radical (unpaired) electrons. The van der Waals surface area contributed by atoms with Gasteiger partial charge in [0.2, 0.25) is 0 Å². The molecular weight excluding hydrogens is 1550 g/mol. The Morgan fingerprint density at radius 2 is 1.02 bits per heavy atom. The molecule has 2 fully saturated rings. The highest BCUT2D eigenvalue weighted by molar-refractivity contribution is 6.76. The van der Waals surface area contributed by atoms with E-state index in [0.29, 0.717) is 103 Å². The fraction of sp³-hybridized carbons (Fsp3) is 0.398. The number of fused-ring (bicyclic) bond motifs is 1. The van der Waals surface area contributed by atoms with Crippen molar-refractivity contribution in [3.8, 4) is 0 Å². The number of rotatable bonds is 26. The number of amides is 1. The molecule has 7 N–H and O–H groups in total. The van der Waals surface area contributed by atoms with Crippen LogP contribution in [0.3, 0.4) is 0 Å². The first-order valence-electron chi connectivity index (χ1n) is 37.8. The predicted molar refractivity (Wildman–Crippen MR) is 442 cm³/mol. The summed E-state index contributed by atoms with van der Waals surface area (Å²) in [6.45, 7) is 22.6. The fourth-order valence-corrected chi connectivity index (χ4v) is 15.6. The number of benzene rings is 8. The topological polar surface area (TPSA) is 244 Å². The molecule has 0 aliphatic carbocycles. The lowest BCUT2D eigenvalue weighted by atomic mass is 9.74. The van der Waals surface area contributed by atoms with Crippen LogP contribution in [0, 0.1) is 35.3 Å². The van der Waals surface area contributed by atoms with Gasteiger partial charge in [0.05, 0.1) is 64.5 Å². The number of aromatic carboxylic acids is 1. The first-order chi connectivity index (χ1) is 52.7. The molecule has 0 spiro atoms. The van der Waals surface area contributed by atoms with Crippen molar-refractivity contribution in [1.29, 1.82) is 0 Å². The minimum atomic E-state index is -2.35. The summed E-state index contributed by atoms with van der Waals surface area (Å²) in [6, 6.07) is 52.0. The number of carboxylic acid groups (broad SMARTS) is 1. The number of nitrogens with zero attached hydrogens (tertiary/aromatic N) is 1. The first kappa shape index (κ1) is 91.7. The normalized spacial score (nSPS) is 17.7. The van der Waals surface area contributed by atoms with Gasteiger partial charge in [-0.2, -0.15) is 0 Å². The summed E-state index contributed by atoms with van der Waals surface area (Å²) in [5.41, 5.74) is 4.29. The smallest absolute Gasteiger partial charge is 0.336 e. The van der Waals surface area contributed by atoms with Crippen LogP contribution >= 0.6 is 58.8 Å². The number of ether oxygens (including phenoxy) is 4. The van der Waals surface area contributed by atoms with Crippen molar-refractivity contribution in [2.24, 2.45) is 29.4 Å². The number of carbonyl (C=O) groups excluding carboxylic acids is 4. The number of esters is 2. The minimum absolute atomic E-state index is 0. The number of halogens is 7. The number of hydrogen-bond donors (Lipinski definition) is 6. The summed E-state index contributed by atoms with van der Waals surface area (Å²) in [5, 5.41) is 51.2. The van der Waals surface area contributed by atoms with Crippen LogP contribution in [0.15, 0.2) is 182 Å². The van der Waals surface area contributed by atoms with Crippen molar-refractivity contribution < 1.29 is 72.1 Å². The second-order valence-corrected chi connectivity index (χ2v) is 37.2. The lowest BCUT2D eigenvalue weighted by Gasteiger charge is -2.42. The molecule has 24 heteroatoms. The molecule has 16 nitrogen and oxygen atoms in total. The Bertz CT molecular complexity index is 4360. The molecule has 1 amide bonds. The second kappa shape index (κ2) is 41.7. The maximum absolute atomic E-state index is 16.6. The molecule has 8 aromatic rings. The van der Waals surface area contributed by atoms with Crippen LogP contribution in [0.5, 0.6) is 0 Å². The molecule has 112 heavy (non-hydrogen) atoms. The van der Waals surface area contributed by atoms with E-state index in [-0.39, 0.29) is 95.0 Å². The van der Waals surface area contributed by atoms with Crippen LogP contribution in [0.1, 0.15) is 199 Å². The molecule has 0 aromatic heterocycles. The molecule has 0 bridgehead atoms. The van der Waals surface area contributed by atoms with Crippen molar-refractivity contribution in [3.63, 3.8) is 0 Å². The summed E-state index contributed by atoms with van der Waals surface area (Å²) in [6.07, 6.45) is 3.47. The molecule has 0 saturated carbocycles. The summed E-state index contributed by atoms with van der Waals surface area (Å²) >= 11 is 24.0. The van der Waals surface area contributed by atoms with Gasteiger partial charge in [-0.25, -0.2) is 13.6 Å². The monoisotopic (exact) mass is 1650 g/mol. The minimum Gasteiger partial charge on any atom is -0.478 e. The fourth-order valence-electron chi connectivity index (χ4n) is 14.4. The standard InChI is InChI=1S/C35H38Cl2FNO6.C22H22ClFO5.C16H19N.C15H24ClNO2Si.ClH/c1-4-16-45-33(41)21(3)31(22-6-10-26(36)11-7-22)39-32(40)28-19-25(34(42,5-2)23-14-17-44-18-15-23)20-29(38)30(28)35(39,43)24-8-12-27(37)13-9-24;1-2-22(28,14-7-9-29-10-8-14)15-11-17(21(26)27)19(18(24)12-15)20(25)13-3-5-16(23)6-4-13;1-13(15-9-5-3-6-10-15)17-14(2)16-11-7-4-8-12-16;1-11(15(18)19-9-10-20(2,3)4)14(17)12-5-7-13(16)8-6-12;/h6-13,19-21,23,31,42-43H,4-5,14-18H2,1-3H3;3-6,11-12,14,28H,2,7-10H2,1H3,(H,26,27);3-14,17H,1-2H3;5-8,11,14H,9-10,17H2,1-4H3;1H/t21-,31-,34-,35+;22-;13-,14-;11-,14+;/m0001./s1. The van der Waals surface area contributed by atoms with Crippen LogP contribution in [0.4, 0.5) is 8.78 Å². The zero-order valence-corrected chi connectivity index (χ0v) is 69.8. The highest BCUT2D eigenvalue weighted by atomic mass is 35.5. The van der Waals surface area contributed by atoms with Gasteiger partial charge in [0, 0.05) is 83.8 Å². The molecule has 3 heterocycles. The number of aliphatic hydroxyl groups is 3. The number of nitrogens with one attached hydrogen (secondary N) is 1. The van der Waals surface area contributed by atoms with E-state index in [1.807, 2.05) is 26.0 Å². The highest BCUT2D eigenvalue weighted by Crippen LogP contribution is 2.52. The summed E-state index contributed by atoms with van der Waals surface area (Å²) < 4.78 is 53.4. The van der Waals surface area contributed by atoms with Gasteiger partial charge >= 0.3 is 17.9 Å². The van der Waals surface area contributed by atoms with Crippen LogP contribution in [0.25, 0.3) is 0 Å². The molecule has 8 aromatic carbocycles. The van der Waals surface area contributed by atoms with E-state index in [1.54, 1.807) is 69.3 Å². The lowest BCUT2D eigenvalue weighted by Crippen LogP contribution is -2.50. The third-order valence-electron chi connectivity index (χ3n) is 21.2. The van der Waals surface area contributed by atoms with E-state index in [0.717, 1.165) is 22.6 Å². The molecule has 2 saturated heterocycles. The Morgan fingerprint density at radius 1 is 0.598 bits per heavy atom. The van der Waals surface area contributed by atoms with E-state index in [1.165, 1.54) is 65.7 Å². The van der Waals surface area contributed by atoms with Gasteiger partial charge in [0.25, 0.3) is 5.91 Å². The molecule has 0 unspecified atom stereocenters. The Kier molecular flexibility index (Phi) is 34.2. The largest absolute Gasteiger partial charge is 0.478 e. The molecule has 11 rings (SSSR count). The molecule has 602 valence electrons. The van der Waals surface area contributed by atoms with E-state index < -0.39 is 83.4 Å². The van der Waals surface area contributed by atoms with Crippen LogP contribution in [-0.4, -0.2) is 103 Å². The predicted octanol–water partition coefficient (Wildman–Crippen LogP) is 19.9. The van der Waals surface area contributed by atoms with Crippen molar-refractivity contribution >= 4 is 96.5 Å². The summed E-state index contributed by atoms with van der Waals surface area (Å²) in [7, 11) is -1.18. The van der Waals surface area contributed by atoms with Gasteiger partial charge in [-0.05, 0) is 202 Å². The maximum atomic E-state index is 16.6. The van der Waals surface area contributed by atoms with E-state index in [4.69, 9.17) is 71.1 Å². The Labute approximate surface area is 684 Å². The third kappa shape index (κ3) is 22.8. The quantitative estimate of drug-likeness (QED) is 0.0168. The summed E-state index contributed by atoms with van der Waals surface area (Å²) in [4.78, 5) is 65.9. The molecular formula is C88H104Cl5F2N3O13Si. The molecule has 3 aliphatic rings. The van der Waals surface area contributed by atoms with Crippen molar-refractivity contribution in [2.45, 2.75) is 160 Å². The Morgan fingerprint density at radius 3 is 1.46 bits per heavy atom. The first-order valence-corrected chi connectivity index (χ1v) is 43.0. The van der Waals surface area contributed by atoms with Crippen molar-refractivity contribution in [2.75, 3.05) is 39.6 Å². The number of hydrogen-bond acceptors (Lipinski definition) is 14. The van der Waals surface area contributed by atoms with Gasteiger partial charge in [0.15, 0.2) is 11.5 Å². The lowest BCUT2D eigenvalue weighted by molar-refractivity contribution is -0.153. The number of ketones is 1. The maximum Gasteiger partial charge on any atom is 0.336 e. The van der Waals surface area contributed by atoms with Gasteiger partial charge in [-0.1, -0.05) is 191 Å². The van der Waals surface area contributed by atoms with E-state index in [9.17, 15) is 44.4 Å². The Balaban J connectivity index is 0.000000223. The zero-order chi connectivity index (χ0) is 81.1. The highest BCUT2D eigenvalue weighted by Gasteiger charge is 2.57. The SMILES string of the molecule is CCCOC(=O)[C@@H](C)[C@@H](c1ccc(Cl)cc1)N1C(=O)c2cc([C@](O)(CC)C3CCOCC3)cc(F)c2[C@]1(O)c1ccc(Cl)cc1.CC[C@@](O)(c1cc(F)c(C(=O)c2ccc(Cl)cc2)c(C(=O)O)c1)C1CCOCC1.C[C@@H](C(=O)OCC[Si](C)(C)C)[C@H](N)c1ccc(Cl)cc1.C[C@H](N[C@@H](C)c1ccccc1)c1ccccc1.Cl. The third-order valence-corrected chi connectivity index (χ3v) is 23.9. The van der Waals surface area contributed by atoms with Gasteiger partial charge in [0.1, 0.15) is 11.6 Å². The zero-order valence-electron chi connectivity index (χ0n) is 65.0. The summed E-state index contributed by atoms with van der Waals surface area (Å²) in [5.74, 6) is -7.29. The average molecular weight is 1660 g/mol. The molecule has 9 atom stereocenters. The average Bonchev–Trinajstić information content (AvgIpc) is 1.54. The van der Waals surface area contributed by atoms with E-state index >= 15 is 8.78 Å². The van der Waals surface area contributed by atoms with Crippen molar-refractivity contribution in [1.82, 2.24) is 10.2 Å². The van der Waals surface area contributed by atoms with Gasteiger partial charge in [-0.3, -0.25) is 24.1 Å². The van der Waals surface area contributed by atoms with Gasteiger partial charge in [-0.15, -0.1) is 12.4 Å². The number of carbonyl (C=O) groups is 5. The van der Waals surface area contributed by atoms with Crippen LogP contribution in [0.2, 0.25) is 45.8 Å². The van der Waals surface area contributed by atoms with Gasteiger partial charge < -0.3 is 50.4 Å². The van der Waals surface area contributed by atoms with E-state index in [2.05, 4.69) is 99.5 Å². The number of nitrogens with two attached hydrogens (primary N) is 1. The molecule has 3 aliphatic heterocycles. The van der Waals surface area contributed by atoms with Crippen molar-refractivity contribution in [3.05, 3.63) is 280 Å². The van der Waals surface area contributed by atoms with Crippen LogP contribution < -0.4 is 11.1 Å². The number of carboxylic acids is 1.